The Labute approximate surface area is 166 Å². The predicted octanol–water partition coefficient (Wildman–Crippen LogP) is 1.10. The summed E-state index contributed by atoms with van der Waals surface area (Å²) in [6.07, 6.45) is 1.39. The van der Waals surface area contributed by atoms with Crippen molar-refractivity contribution < 1.29 is 13.9 Å². The Morgan fingerprint density at radius 2 is 1.90 bits per heavy atom. The van der Waals surface area contributed by atoms with E-state index in [1.165, 1.54) is 13.3 Å². The van der Waals surface area contributed by atoms with Gasteiger partial charge in [0.05, 0.1) is 13.3 Å². The average molecular weight is 406 g/mol. The molecule has 0 aliphatic heterocycles. The second-order valence-electron chi connectivity index (χ2n) is 6.20. The van der Waals surface area contributed by atoms with Crippen LogP contribution in [0.3, 0.4) is 0 Å². The molecule has 2 heterocycles. The molecule has 0 bridgehead atoms. The first-order valence-electron chi connectivity index (χ1n) is 8.67. The van der Waals surface area contributed by atoms with Crippen molar-refractivity contribution in [3.05, 3.63) is 84.8 Å². The fourth-order valence-electron chi connectivity index (χ4n) is 3.00. The number of methoxy groups -OCH3 is 1. The van der Waals surface area contributed by atoms with Crippen molar-refractivity contribution in [2.75, 3.05) is 7.11 Å². The summed E-state index contributed by atoms with van der Waals surface area (Å²) in [5.74, 6) is -0.334. The Kier molecular flexibility index (Phi) is 4.72. The molecule has 10 nitrogen and oxygen atoms in total. The second kappa shape index (κ2) is 7.51. The van der Waals surface area contributed by atoms with Gasteiger partial charge >= 0.3 is 11.3 Å². The predicted molar refractivity (Wildman–Crippen MR) is 109 cm³/mol. The zero-order valence-electron chi connectivity index (χ0n) is 15.5. The monoisotopic (exact) mass is 406 g/mol. The Morgan fingerprint density at radius 3 is 2.70 bits per heavy atom. The topological polar surface area (TPSA) is 147 Å². The van der Waals surface area contributed by atoms with Gasteiger partial charge in [0.1, 0.15) is 16.7 Å². The van der Waals surface area contributed by atoms with E-state index in [1.807, 2.05) is 35.3 Å². The van der Waals surface area contributed by atoms with Crippen molar-refractivity contribution in [3.8, 4) is 5.75 Å². The van der Waals surface area contributed by atoms with Crippen LogP contribution in [0.4, 0.5) is 0 Å². The van der Waals surface area contributed by atoms with E-state index >= 15 is 0 Å². The maximum absolute atomic E-state index is 12.4. The number of benzene rings is 2. The number of nitrogens with zero attached hydrogens (tertiary/aromatic N) is 1. The first kappa shape index (κ1) is 18.9. The van der Waals surface area contributed by atoms with Crippen molar-refractivity contribution >= 4 is 34.0 Å². The molecule has 0 saturated heterocycles. The maximum atomic E-state index is 12.4. The first-order valence-corrected chi connectivity index (χ1v) is 8.67. The van der Waals surface area contributed by atoms with E-state index in [4.69, 9.17) is 9.15 Å². The normalized spacial score (nSPS) is 11.2. The number of carbonyl (C=O) groups excluding carboxylic acids is 1. The number of aromatic amines is 2. The molecule has 0 saturated carbocycles. The number of aromatic nitrogens is 2. The van der Waals surface area contributed by atoms with E-state index in [0.717, 1.165) is 16.8 Å². The third-order valence-corrected chi connectivity index (χ3v) is 4.40. The van der Waals surface area contributed by atoms with Crippen molar-refractivity contribution in [3.63, 3.8) is 0 Å². The Morgan fingerprint density at radius 1 is 1.10 bits per heavy atom. The zero-order valence-corrected chi connectivity index (χ0v) is 15.5. The van der Waals surface area contributed by atoms with Gasteiger partial charge in [-0.1, -0.05) is 30.3 Å². The fourth-order valence-corrected chi connectivity index (χ4v) is 3.00. The van der Waals surface area contributed by atoms with Gasteiger partial charge in [0.15, 0.2) is 0 Å². The molecule has 2 aromatic carbocycles. The molecular formula is C20H14N4O6. The summed E-state index contributed by atoms with van der Waals surface area (Å²) in [7, 11) is 1.52. The van der Waals surface area contributed by atoms with E-state index in [0.29, 0.717) is 11.3 Å². The fraction of sp³-hybridized carbons (Fsp3) is 0.0500. The van der Waals surface area contributed by atoms with Crippen LogP contribution in [0.1, 0.15) is 15.9 Å². The standard InChI is InChI=1S/C20H14N4O6/c1-29-15-7-6-10-4-2-3-5-11(10)14(15)9-21-24-17(26)13-8-12-16(25)22-20(28)23-18(12)30-19(13)27/h2-9H,1H3,(H,24,26)(H2,22,23,25,28)/b21-9+. The van der Waals surface area contributed by atoms with Crippen LogP contribution in [0, 0.1) is 0 Å². The summed E-state index contributed by atoms with van der Waals surface area (Å²) in [6, 6.07) is 12.3. The maximum Gasteiger partial charge on any atom is 0.350 e. The number of H-pyrrole nitrogens is 2. The van der Waals surface area contributed by atoms with E-state index < -0.39 is 28.3 Å². The molecule has 0 aliphatic rings. The number of hydrazone groups is 1. The molecule has 10 heteroatoms. The molecule has 4 rings (SSSR count). The van der Waals surface area contributed by atoms with E-state index in [9.17, 15) is 19.2 Å². The highest BCUT2D eigenvalue weighted by Crippen LogP contribution is 2.26. The molecule has 0 radical (unpaired) electrons. The zero-order chi connectivity index (χ0) is 21.3. The van der Waals surface area contributed by atoms with Gasteiger partial charge in [0.25, 0.3) is 11.5 Å². The number of amides is 1. The highest BCUT2D eigenvalue weighted by molar-refractivity contribution is 6.03. The van der Waals surface area contributed by atoms with Crippen molar-refractivity contribution in [1.29, 1.82) is 0 Å². The highest BCUT2D eigenvalue weighted by atomic mass is 16.5. The lowest BCUT2D eigenvalue weighted by Crippen LogP contribution is -2.27. The average Bonchev–Trinajstić information content (AvgIpc) is 2.73. The summed E-state index contributed by atoms with van der Waals surface area (Å²) in [5.41, 5.74) is -0.558. The van der Waals surface area contributed by atoms with E-state index in [-0.39, 0.29) is 11.1 Å². The largest absolute Gasteiger partial charge is 0.496 e. The summed E-state index contributed by atoms with van der Waals surface area (Å²) in [5, 5.41) is 5.56. The van der Waals surface area contributed by atoms with Gasteiger partial charge in [-0.15, -0.1) is 0 Å². The third kappa shape index (κ3) is 3.37. The molecule has 4 aromatic rings. The first-order chi connectivity index (χ1) is 14.5. The quantitative estimate of drug-likeness (QED) is 0.342. The molecule has 2 aromatic heterocycles. The van der Waals surface area contributed by atoms with Crippen LogP contribution in [-0.4, -0.2) is 29.2 Å². The lowest BCUT2D eigenvalue weighted by molar-refractivity contribution is 0.0951. The lowest BCUT2D eigenvalue weighted by atomic mass is 10.0. The molecule has 1 amide bonds. The minimum absolute atomic E-state index is 0.154. The van der Waals surface area contributed by atoms with Crippen LogP contribution in [-0.2, 0) is 0 Å². The molecule has 150 valence electrons. The summed E-state index contributed by atoms with van der Waals surface area (Å²) in [6.45, 7) is 0. The number of hydrogen-bond donors (Lipinski definition) is 3. The van der Waals surface area contributed by atoms with Crippen molar-refractivity contribution in [2.24, 2.45) is 5.10 Å². The molecule has 0 fully saturated rings. The van der Waals surface area contributed by atoms with E-state index in [1.54, 1.807) is 6.07 Å². The van der Waals surface area contributed by atoms with Gasteiger partial charge in [0.2, 0.25) is 5.71 Å². The van der Waals surface area contributed by atoms with Crippen molar-refractivity contribution in [2.45, 2.75) is 0 Å². The van der Waals surface area contributed by atoms with Crippen LogP contribution < -0.4 is 27.0 Å². The van der Waals surface area contributed by atoms with Crippen LogP contribution >= 0.6 is 0 Å². The number of nitrogens with one attached hydrogen (secondary N) is 3. The summed E-state index contributed by atoms with van der Waals surface area (Å²) < 4.78 is 10.2. The molecule has 0 atom stereocenters. The third-order valence-electron chi connectivity index (χ3n) is 4.40. The summed E-state index contributed by atoms with van der Waals surface area (Å²) >= 11 is 0. The molecule has 0 unspecified atom stereocenters. The molecular weight excluding hydrogens is 392 g/mol. The number of hydrogen-bond acceptors (Lipinski definition) is 7. The number of rotatable bonds is 4. The molecule has 3 N–H and O–H groups in total. The van der Waals surface area contributed by atoms with Gasteiger partial charge in [-0.3, -0.25) is 19.6 Å². The van der Waals surface area contributed by atoms with Gasteiger partial charge < -0.3 is 9.15 Å². The Hall–Kier alpha value is -4.47. The smallest absolute Gasteiger partial charge is 0.350 e. The number of ether oxygens (including phenoxy) is 1. The van der Waals surface area contributed by atoms with Crippen LogP contribution in [0.5, 0.6) is 5.75 Å². The van der Waals surface area contributed by atoms with Gasteiger partial charge in [0, 0.05) is 5.56 Å². The SMILES string of the molecule is COc1ccc2ccccc2c1/C=N/NC(=O)c1cc2c(=O)[nH]c(=O)[nH]c2oc1=O. The number of fused-ring (bicyclic) bond motifs is 2. The lowest BCUT2D eigenvalue weighted by Gasteiger charge is -2.08. The van der Waals surface area contributed by atoms with E-state index in [2.05, 4.69) is 15.5 Å². The molecule has 0 spiro atoms. The number of carbonyl (C=O) groups is 1. The molecule has 0 aliphatic carbocycles. The minimum atomic E-state index is -1.03. The van der Waals surface area contributed by atoms with Gasteiger partial charge in [-0.25, -0.2) is 15.0 Å². The van der Waals surface area contributed by atoms with Crippen LogP contribution in [0.15, 0.2) is 66.4 Å². The Bertz CT molecular complexity index is 1500. The summed E-state index contributed by atoms with van der Waals surface area (Å²) in [4.78, 5) is 51.8. The van der Waals surface area contributed by atoms with Crippen molar-refractivity contribution in [1.82, 2.24) is 15.4 Å². The van der Waals surface area contributed by atoms with Crippen LogP contribution in [0.2, 0.25) is 0 Å². The molecule has 30 heavy (non-hydrogen) atoms. The van der Waals surface area contributed by atoms with Gasteiger partial charge in [-0.05, 0) is 22.9 Å². The van der Waals surface area contributed by atoms with Gasteiger partial charge in [-0.2, -0.15) is 5.10 Å². The Balaban J connectivity index is 1.68. The second-order valence-corrected chi connectivity index (χ2v) is 6.20. The highest BCUT2D eigenvalue weighted by Gasteiger charge is 2.15. The van der Waals surface area contributed by atoms with Crippen LogP contribution in [0.25, 0.3) is 21.9 Å². The minimum Gasteiger partial charge on any atom is -0.496 e.